The lowest BCUT2D eigenvalue weighted by atomic mass is 10.1. The summed E-state index contributed by atoms with van der Waals surface area (Å²) in [5, 5.41) is 11.5. The number of nitrogens with zero attached hydrogens (tertiary/aromatic N) is 2. The maximum absolute atomic E-state index is 13.4. The molecule has 1 unspecified atom stereocenters. The molecule has 0 bridgehead atoms. The van der Waals surface area contributed by atoms with Gasteiger partial charge in [0.05, 0.1) is 11.6 Å². The molecule has 16 heavy (non-hydrogen) atoms. The Kier molecular flexibility index (Phi) is 4.16. The molecule has 0 radical (unpaired) electrons. The average molecular weight is 227 g/mol. The summed E-state index contributed by atoms with van der Waals surface area (Å²) in [6.45, 7) is 3.44. The molecule has 0 aliphatic carbocycles. The fraction of sp³-hybridized carbons (Fsp3) is 0.500. The van der Waals surface area contributed by atoms with Crippen LogP contribution in [0, 0.1) is 18.7 Å². The average Bonchev–Trinajstić information content (AvgIpc) is 2.24. The lowest BCUT2D eigenvalue weighted by Gasteiger charge is -2.12. The highest BCUT2D eigenvalue weighted by atomic mass is 19.1. The molecule has 0 spiro atoms. The smallest absolute Gasteiger partial charge is 0.308 e. The van der Waals surface area contributed by atoms with E-state index < -0.39 is 17.7 Å². The number of anilines is 1. The number of aromatic nitrogens is 2. The standard InChI is InChI=1S/C10H14FN3O2/c1-3-7(10(15)16)4-12-9-8(11)6(2)13-5-14-9/h5,7H,3-4H2,1-2H3,(H,15,16)(H,12,13,14). The van der Waals surface area contributed by atoms with Gasteiger partial charge >= 0.3 is 5.97 Å². The molecule has 0 amide bonds. The van der Waals surface area contributed by atoms with Crippen molar-refractivity contribution in [3.63, 3.8) is 0 Å². The zero-order valence-electron chi connectivity index (χ0n) is 9.20. The Labute approximate surface area is 92.7 Å². The van der Waals surface area contributed by atoms with Crippen LogP contribution in [0.1, 0.15) is 19.0 Å². The van der Waals surface area contributed by atoms with Gasteiger partial charge in [0.2, 0.25) is 0 Å². The van der Waals surface area contributed by atoms with Gasteiger partial charge in [-0.25, -0.2) is 14.4 Å². The van der Waals surface area contributed by atoms with E-state index in [0.717, 1.165) is 0 Å². The minimum absolute atomic E-state index is 0.0483. The van der Waals surface area contributed by atoms with Gasteiger partial charge in [-0.3, -0.25) is 4.79 Å². The van der Waals surface area contributed by atoms with Crippen LogP contribution in [0.5, 0.6) is 0 Å². The number of carboxylic acids is 1. The first kappa shape index (κ1) is 12.4. The molecule has 0 saturated heterocycles. The van der Waals surface area contributed by atoms with Crippen LogP contribution in [0.25, 0.3) is 0 Å². The summed E-state index contributed by atoms with van der Waals surface area (Å²) in [4.78, 5) is 18.1. The van der Waals surface area contributed by atoms with Crippen LogP contribution in [0.3, 0.4) is 0 Å². The Balaban J connectivity index is 2.67. The summed E-state index contributed by atoms with van der Waals surface area (Å²) in [5.41, 5.74) is 0.237. The number of carboxylic acid groups (broad SMARTS) is 1. The SMILES string of the molecule is CCC(CNc1ncnc(C)c1F)C(=O)O. The largest absolute Gasteiger partial charge is 0.481 e. The minimum atomic E-state index is -0.902. The van der Waals surface area contributed by atoms with Gasteiger partial charge in [0.1, 0.15) is 6.33 Å². The normalized spacial score (nSPS) is 12.2. The van der Waals surface area contributed by atoms with Crippen LogP contribution < -0.4 is 5.32 Å². The molecule has 1 atom stereocenters. The van der Waals surface area contributed by atoms with Crippen LogP contribution in [-0.2, 0) is 4.79 Å². The van der Waals surface area contributed by atoms with Crippen molar-refractivity contribution in [2.24, 2.45) is 5.92 Å². The molecular weight excluding hydrogens is 213 g/mol. The molecule has 0 saturated carbocycles. The van der Waals surface area contributed by atoms with Crippen LogP contribution in [0.4, 0.5) is 10.2 Å². The van der Waals surface area contributed by atoms with Crippen molar-refractivity contribution in [2.75, 3.05) is 11.9 Å². The molecule has 0 aliphatic heterocycles. The van der Waals surface area contributed by atoms with Crippen LogP contribution >= 0.6 is 0 Å². The van der Waals surface area contributed by atoms with Gasteiger partial charge in [0.15, 0.2) is 11.6 Å². The molecule has 0 aliphatic rings. The summed E-state index contributed by atoms with van der Waals surface area (Å²) in [5.74, 6) is -1.94. The number of aliphatic carboxylic acids is 1. The van der Waals surface area contributed by atoms with E-state index in [4.69, 9.17) is 5.11 Å². The van der Waals surface area contributed by atoms with Gasteiger partial charge in [-0.15, -0.1) is 0 Å². The number of aryl methyl sites for hydroxylation is 1. The quantitative estimate of drug-likeness (QED) is 0.796. The molecule has 0 fully saturated rings. The highest BCUT2D eigenvalue weighted by Crippen LogP contribution is 2.13. The molecule has 2 N–H and O–H groups in total. The highest BCUT2D eigenvalue weighted by Gasteiger charge is 2.16. The van der Waals surface area contributed by atoms with Crippen molar-refractivity contribution in [3.8, 4) is 0 Å². The second-order valence-electron chi connectivity index (χ2n) is 3.45. The van der Waals surface area contributed by atoms with Gasteiger partial charge in [0, 0.05) is 6.54 Å². The number of hydrogen-bond acceptors (Lipinski definition) is 4. The van der Waals surface area contributed by atoms with E-state index in [0.29, 0.717) is 6.42 Å². The first-order valence-electron chi connectivity index (χ1n) is 5.00. The van der Waals surface area contributed by atoms with Crippen molar-refractivity contribution in [3.05, 3.63) is 17.8 Å². The van der Waals surface area contributed by atoms with Crippen molar-refractivity contribution in [2.45, 2.75) is 20.3 Å². The van der Waals surface area contributed by atoms with E-state index in [1.54, 1.807) is 6.92 Å². The minimum Gasteiger partial charge on any atom is -0.481 e. The molecule has 5 nitrogen and oxygen atoms in total. The molecule has 0 aromatic carbocycles. The zero-order chi connectivity index (χ0) is 12.1. The molecular formula is C10H14FN3O2. The molecule has 6 heteroatoms. The fourth-order valence-corrected chi connectivity index (χ4v) is 1.21. The summed E-state index contributed by atoms with van der Waals surface area (Å²) >= 11 is 0. The number of nitrogens with one attached hydrogen (secondary N) is 1. The third-order valence-electron chi connectivity index (χ3n) is 2.32. The number of halogens is 1. The van der Waals surface area contributed by atoms with E-state index >= 15 is 0 Å². The molecule has 88 valence electrons. The monoisotopic (exact) mass is 227 g/mol. The summed E-state index contributed by atoms with van der Waals surface area (Å²) < 4.78 is 13.4. The van der Waals surface area contributed by atoms with Crippen molar-refractivity contribution in [1.82, 2.24) is 9.97 Å². The first-order chi connectivity index (χ1) is 7.56. The number of rotatable bonds is 5. The number of hydrogen-bond donors (Lipinski definition) is 2. The Hall–Kier alpha value is -1.72. The Bertz CT molecular complexity index is 384. The molecule has 1 aromatic rings. The van der Waals surface area contributed by atoms with Gasteiger partial charge in [0.25, 0.3) is 0 Å². The zero-order valence-corrected chi connectivity index (χ0v) is 9.20. The maximum Gasteiger partial charge on any atom is 0.308 e. The summed E-state index contributed by atoms with van der Waals surface area (Å²) in [6.07, 6.45) is 1.72. The fourth-order valence-electron chi connectivity index (χ4n) is 1.21. The lowest BCUT2D eigenvalue weighted by Crippen LogP contribution is -2.23. The lowest BCUT2D eigenvalue weighted by molar-refractivity contribution is -0.141. The second-order valence-corrected chi connectivity index (χ2v) is 3.45. The van der Waals surface area contributed by atoms with E-state index in [2.05, 4.69) is 15.3 Å². The summed E-state index contributed by atoms with van der Waals surface area (Å²) in [7, 11) is 0. The van der Waals surface area contributed by atoms with Gasteiger partial charge < -0.3 is 10.4 Å². The predicted octanol–water partition coefficient (Wildman–Crippen LogP) is 1.45. The van der Waals surface area contributed by atoms with Gasteiger partial charge in [-0.1, -0.05) is 6.92 Å². The third-order valence-corrected chi connectivity index (χ3v) is 2.32. The van der Waals surface area contributed by atoms with E-state index in [9.17, 15) is 9.18 Å². The highest BCUT2D eigenvalue weighted by molar-refractivity contribution is 5.70. The van der Waals surface area contributed by atoms with Crippen LogP contribution in [-0.4, -0.2) is 27.6 Å². The van der Waals surface area contributed by atoms with Gasteiger partial charge in [-0.2, -0.15) is 0 Å². The summed E-state index contributed by atoms with van der Waals surface area (Å²) in [6, 6.07) is 0. The maximum atomic E-state index is 13.4. The number of carbonyl (C=O) groups is 1. The van der Waals surface area contributed by atoms with Crippen molar-refractivity contribution >= 4 is 11.8 Å². The van der Waals surface area contributed by atoms with Crippen LogP contribution in [0.15, 0.2) is 6.33 Å². The van der Waals surface area contributed by atoms with E-state index in [-0.39, 0.29) is 18.1 Å². The Morgan fingerprint density at radius 1 is 1.62 bits per heavy atom. The molecule has 1 heterocycles. The van der Waals surface area contributed by atoms with E-state index in [1.165, 1.54) is 13.3 Å². The topological polar surface area (TPSA) is 75.1 Å². The first-order valence-corrected chi connectivity index (χ1v) is 5.00. The van der Waals surface area contributed by atoms with Gasteiger partial charge in [-0.05, 0) is 13.3 Å². The Morgan fingerprint density at radius 2 is 2.31 bits per heavy atom. The van der Waals surface area contributed by atoms with Crippen molar-refractivity contribution in [1.29, 1.82) is 0 Å². The van der Waals surface area contributed by atoms with Crippen LogP contribution in [0.2, 0.25) is 0 Å². The Morgan fingerprint density at radius 3 is 2.88 bits per heavy atom. The van der Waals surface area contributed by atoms with E-state index in [1.807, 2.05) is 0 Å². The van der Waals surface area contributed by atoms with Crippen molar-refractivity contribution < 1.29 is 14.3 Å². The predicted molar refractivity (Wildman–Crippen MR) is 56.6 cm³/mol. The third kappa shape index (κ3) is 2.88. The second kappa shape index (κ2) is 5.39. The molecule has 1 rings (SSSR count). The molecule has 1 aromatic heterocycles.